The summed E-state index contributed by atoms with van der Waals surface area (Å²) >= 11 is 0. The van der Waals surface area contributed by atoms with Crippen LogP contribution in [0.15, 0.2) is 48.5 Å². The fraction of sp³-hybridized carbons (Fsp3) is 0.333. The average molecular weight is 402 g/mol. The molecule has 0 atom stereocenters. The van der Waals surface area contributed by atoms with Gasteiger partial charge in [-0.2, -0.15) is 13.2 Å². The first-order valence-electron chi connectivity index (χ1n) is 9.45. The lowest BCUT2D eigenvalue weighted by atomic mass is 10.1. The summed E-state index contributed by atoms with van der Waals surface area (Å²) in [7, 11) is 0. The van der Waals surface area contributed by atoms with Gasteiger partial charge in [-0.3, -0.25) is 4.79 Å². The highest BCUT2D eigenvalue weighted by atomic mass is 19.4. The van der Waals surface area contributed by atoms with E-state index in [9.17, 15) is 18.0 Å². The molecule has 1 aromatic heterocycles. The molecule has 0 radical (unpaired) electrons. The van der Waals surface area contributed by atoms with Crippen LogP contribution in [0.1, 0.15) is 11.4 Å². The van der Waals surface area contributed by atoms with E-state index in [-0.39, 0.29) is 12.5 Å². The lowest BCUT2D eigenvalue weighted by Crippen LogP contribution is -2.49. The number of hydrogen-bond donors (Lipinski definition) is 0. The lowest BCUT2D eigenvalue weighted by Gasteiger charge is -2.36. The molecule has 1 amide bonds. The Kier molecular flexibility index (Phi) is 4.94. The standard InChI is InChI=1S/C21H21F3N4O/c1-15-25-18-7-2-3-8-19(18)28(15)14-20(29)27-11-9-26(10-12-27)17-6-4-5-16(13-17)21(22,23)24/h2-8,13H,9-12,14H2,1H3. The predicted octanol–water partition coefficient (Wildman–Crippen LogP) is 3.71. The van der Waals surface area contributed by atoms with Crippen LogP contribution < -0.4 is 4.90 Å². The molecule has 0 spiro atoms. The van der Waals surface area contributed by atoms with Crippen LogP contribution in [0.2, 0.25) is 0 Å². The van der Waals surface area contributed by atoms with Gasteiger partial charge in [-0.05, 0) is 37.3 Å². The molecular weight excluding hydrogens is 381 g/mol. The van der Waals surface area contributed by atoms with E-state index in [0.29, 0.717) is 31.9 Å². The summed E-state index contributed by atoms with van der Waals surface area (Å²) in [6.07, 6.45) is -4.36. The van der Waals surface area contributed by atoms with E-state index in [1.165, 1.54) is 12.1 Å². The number of alkyl halides is 3. The number of aromatic nitrogens is 2. The van der Waals surface area contributed by atoms with Gasteiger partial charge in [-0.15, -0.1) is 0 Å². The molecule has 0 bridgehead atoms. The first kappa shape index (κ1) is 19.3. The van der Waals surface area contributed by atoms with E-state index in [1.54, 1.807) is 11.0 Å². The Morgan fingerprint density at radius 3 is 2.48 bits per heavy atom. The molecule has 0 saturated carbocycles. The van der Waals surface area contributed by atoms with Crippen LogP contribution in [0.25, 0.3) is 11.0 Å². The smallest absolute Gasteiger partial charge is 0.368 e. The molecule has 152 valence electrons. The van der Waals surface area contributed by atoms with Crippen molar-refractivity contribution in [2.75, 3.05) is 31.1 Å². The number of carbonyl (C=O) groups excluding carboxylic acids is 1. The number of imidazole rings is 1. The summed E-state index contributed by atoms with van der Waals surface area (Å²) in [6, 6.07) is 13.0. The Morgan fingerprint density at radius 2 is 1.76 bits per heavy atom. The van der Waals surface area contributed by atoms with E-state index in [2.05, 4.69) is 4.98 Å². The van der Waals surface area contributed by atoms with E-state index >= 15 is 0 Å². The zero-order valence-corrected chi connectivity index (χ0v) is 16.0. The summed E-state index contributed by atoms with van der Waals surface area (Å²) in [6.45, 7) is 4.02. The largest absolute Gasteiger partial charge is 0.416 e. The van der Waals surface area contributed by atoms with Crippen LogP contribution in [0.4, 0.5) is 18.9 Å². The second-order valence-electron chi connectivity index (χ2n) is 7.15. The van der Waals surface area contributed by atoms with Gasteiger partial charge in [0.1, 0.15) is 12.4 Å². The molecule has 3 aromatic rings. The Bertz CT molecular complexity index is 1040. The average Bonchev–Trinajstić information content (AvgIpc) is 3.03. The van der Waals surface area contributed by atoms with Crippen LogP contribution in [-0.2, 0) is 17.5 Å². The molecular formula is C21H21F3N4O. The van der Waals surface area contributed by atoms with E-state index in [1.807, 2.05) is 40.7 Å². The fourth-order valence-electron chi connectivity index (χ4n) is 3.72. The second kappa shape index (κ2) is 7.42. The Hall–Kier alpha value is -3.03. The first-order chi connectivity index (χ1) is 13.8. The Balaban J connectivity index is 1.42. The van der Waals surface area contributed by atoms with Gasteiger partial charge in [-0.1, -0.05) is 18.2 Å². The normalized spacial score (nSPS) is 15.2. The maximum absolute atomic E-state index is 12.9. The quantitative estimate of drug-likeness (QED) is 0.671. The van der Waals surface area contributed by atoms with Crippen molar-refractivity contribution in [3.8, 4) is 0 Å². The maximum Gasteiger partial charge on any atom is 0.416 e. The number of amides is 1. The number of nitrogens with zero attached hydrogens (tertiary/aromatic N) is 4. The minimum Gasteiger partial charge on any atom is -0.368 e. The van der Waals surface area contributed by atoms with Crippen molar-refractivity contribution >= 4 is 22.6 Å². The number of carbonyl (C=O) groups is 1. The van der Waals surface area contributed by atoms with Gasteiger partial charge in [0.05, 0.1) is 16.6 Å². The topological polar surface area (TPSA) is 41.4 Å². The molecule has 2 heterocycles. The van der Waals surface area contributed by atoms with Crippen LogP contribution in [0.5, 0.6) is 0 Å². The first-order valence-corrected chi connectivity index (χ1v) is 9.45. The highest BCUT2D eigenvalue weighted by Gasteiger charge is 2.31. The maximum atomic E-state index is 12.9. The van der Waals surface area contributed by atoms with Crippen LogP contribution in [-0.4, -0.2) is 46.5 Å². The summed E-state index contributed by atoms with van der Waals surface area (Å²) < 4.78 is 40.7. The SMILES string of the molecule is Cc1nc2ccccc2n1CC(=O)N1CCN(c2cccc(C(F)(F)F)c2)CC1. The van der Waals surface area contributed by atoms with Crippen molar-refractivity contribution in [3.05, 3.63) is 59.9 Å². The Morgan fingerprint density at radius 1 is 1.03 bits per heavy atom. The summed E-state index contributed by atoms with van der Waals surface area (Å²) in [5.74, 6) is 0.766. The van der Waals surface area contributed by atoms with Crippen LogP contribution in [0, 0.1) is 6.92 Å². The molecule has 1 aliphatic heterocycles. The van der Waals surface area contributed by atoms with Gasteiger partial charge in [0.15, 0.2) is 0 Å². The van der Waals surface area contributed by atoms with Gasteiger partial charge in [0, 0.05) is 31.9 Å². The van der Waals surface area contributed by atoms with Crippen molar-refractivity contribution in [3.63, 3.8) is 0 Å². The summed E-state index contributed by atoms with van der Waals surface area (Å²) in [5.41, 5.74) is 1.65. The molecule has 0 N–H and O–H groups in total. The molecule has 1 aliphatic rings. The number of fused-ring (bicyclic) bond motifs is 1. The molecule has 4 rings (SSSR count). The minimum atomic E-state index is -4.36. The molecule has 2 aromatic carbocycles. The van der Waals surface area contributed by atoms with Crippen LogP contribution >= 0.6 is 0 Å². The van der Waals surface area contributed by atoms with Crippen molar-refractivity contribution in [2.24, 2.45) is 0 Å². The number of hydrogen-bond acceptors (Lipinski definition) is 3. The highest BCUT2D eigenvalue weighted by molar-refractivity contribution is 5.81. The summed E-state index contributed by atoms with van der Waals surface area (Å²) in [5, 5.41) is 0. The highest BCUT2D eigenvalue weighted by Crippen LogP contribution is 2.31. The van der Waals surface area contributed by atoms with E-state index < -0.39 is 11.7 Å². The van der Waals surface area contributed by atoms with Gasteiger partial charge in [-0.25, -0.2) is 4.98 Å². The lowest BCUT2D eigenvalue weighted by molar-refractivity contribution is -0.137. The zero-order chi connectivity index (χ0) is 20.6. The molecule has 0 aliphatic carbocycles. The van der Waals surface area contributed by atoms with E-state index in [4.69, 9.17) is 0 Å². The number of piperazine rings is 1. The number of benzene rings is 2. The number of rotatable bonds is 3. The Labute approximate surface area is 166 Å². The third-order valence-corrected chi connectivity index (χ3v) is 5.31. The zero-order valence-electron chi connectivity index (χ0n) is 16.0. The van der Waals surface area contributed by atoms with Gasteiger partial charge < -0.3 is 14.4 Å². The molecule has 1 fully saturated rings. The van der Waals surface area contributed by atoms with Crippen molar-refractivity contribution in [2.45, 2.75) is 19.6 Å². The van der Waals surface area contributed by atoms with Gasteiger partial charge in [0.25, 0.3) is 0 Å². The van der Waals surface area contributed by atoms with E-state index in [0.717, 1.165) is 22.9 Å². The second-order valence-corrected chi connectivity index (χ2v) is 7.15. The third-order valence-electron chi connectivity index (χ3n) is 5.31. The molecule has 8 heteroatoms. The number of anilines is 1. The van der Waals surface area contributed by atoms with Crippen LogP contribution in [0.3, 0.4) is 0 Å². The number of halogens is 3. The molecule has 0 unspecified atom stereocenters. The number of para-hydroxylation sites is 2. The third kappa shape index (κ3) is 3.92. The molecule has 29 heavy (non-hydrogen) atoms. The number of aryl methyl sites for hydroxylation is 1. The van der Waals surface area contributed by atoms with Crippen molar-refractivity contribution in [1.82, 2.24) is 14.5 Å². The van der Waals surface area contributed by atoms with Gasteiger partial charge >= 0.3 is 6.18 Å². The minimum absolute atomic E-state index is 0.0139. The monoisotopic (exact) mass is 402 g/mol. The van der Waals surface area contributed by atoms with Gasteiger partial charge in [0.2, 0.25) is 5.91 Å². The molecule has 5 nitrogen and oxygen atoms in total. The predicted molar refractivity (Wildman–Crippen MR) is 105 cm³/mol. The van der Waals surface area contributed by atoms with Crippen molar-refractivity contribution in [1.29, 1.82) is 0 Å². The van der Waals surface area contributed by atoms with Crippen molar-refractivity contribution < 1.29 is 18.0 Å². The fourth-order valence-corrected chi connectivity index (χ4v) is 3.72. The molecule has 1 saturated heterocycles. The summed E-state index contributed by atoms with van der Waals surface area (Å²) in [4.78, 5) is 20.9.